The summed E-state index contributed by atoms with van der Waals surface area (Å²) in [4.78, 5) is 28.7. The van der Waals surface area contributed by atoms with E-state index in [2.05, 4.69) is 5.32 Å². The fourth-order valence-corrected chi connectivity index (χ4v) is 4.75. The summed E-state index contributed by atoms with van der Waals surface area (Å²) in [5.74, 6) is -0.693. The fraction of sp³-hybridized carbons (Fsp3) is 0.310. The molecule has 0 aliphatic heterocycles. The van der Waals surface area contributed by atoms with Crippen LogP contribution in [0.3, 0.4) is 0 Å². The molecule has 1 atom stereocenters. The van der Waals surface area contributed by atoms with E-state index in [0.717, 1.165) is 33.7 Å². The SMILES string of the molecule is CCCNC(=O)[C@H](Cc1ccccc1)N(Cc1ccccc1)C(=O)CN(Cc1ccccc1)S(C)(=O)=O. The molecule has 0 saturated carbocycles. The summed E-state index contributed by atoms with van der Waals surface area (Å²) in [5, 5.41) is 2.93. The molecule has 8 heteroatoms. The molecule has 0 fully saturated rings. The molecular weight excluding hydrogens is 486 g/mol. The van der Waals surface area contributed by atoms with Crippen molar-refractivity contribution in [3.8, 4) is 0 Å². The highest BCUT2D eigenvalue weighted by atomic mass is 32.2. The molecule has 0 unspecified atom stereocenters. The predicted octanol–water partition coefficient (Wildman–Crippen LogP) is 3.61. The van der Waals surface area contributed by atoms with Crippen molar-refractivity contribution >= 4 is 21.8 Å². The Balaban J connectivity index is 1.95. The number of sulfonamides is 1. The smallest absolute Gasteiger partial charge is 0.243 e. The Bertz CT molecular complexity index is 1240. The van der Waals surface area contributed by atoms with Crippen molar-refractivity contribution in [2.75, 3.05) is 19.3 Å². The zero-order valence-electron chi connectivity index (χ0n) is 21.4. The van der Waals surface area contributed by atoms with Crippen LogP contribution in [0.1, 0.15) is 30.0 Å². The van der Waals surface area contributed by atoms with Crippen molar-refractivity contribution < 1.29 is 18.0 Å². The lowest BCUT2D eigenvalue weighted by Crippen LogP contribution is -2.53. The van der Waals surface area contributed by atoms with Crippen LogP contribution in [0.4, 0.5) is 0 Å². The first-order valence-electron chi connectivity index (χ1n) is 12.4. The molecule has 0 saturated heterocycles. The summed E-state index contributed by atoms with van der Waals surface area (Å²) in [6, 6.07) is 27.3. The lowest BCUT2D eigenvalue weighted by molar-refractivity contribution is -0.141. The van der Waals surface area contributed by atoms with Gasteiger partial charge in [-0.2, -0.15) is 4.31 Å². The Morgan fingerprint density at radius 1 is 0.784 bits per heavy atom. The van der Waals surface area contributed by atoms with Gasteiger partial charge in [-0.15, -0.1) is 0 Å². The van der Waals surface area contributed by atoms with Crippen molar-refractivity contribution in [3.63, 3.8) is 0 Å². The number of carbonyl (C=O) groups excluding carboxylic acids is 2. The van der Waals surface area contributed by atoms with E-state index in [-0.39, 0.29) is 25.5 Å². The van der Waals surface area contributed by atoms with Crippen molar-refractivity contribution in [3.05, 3.63) is 108 Å². The van der Waals surface area contributed by atoms with E-state index >= 15 is 0 Å². The highest BCUT2D eigenvalue weighted by Gasteiger charge is 2.32. The van der Waals surface area contributed by atoms with Gasteiger partial charge in [0, 0.05) is 26.1 Å². The number of hydrogen-bond donors (Lipinski definition) is 1. The molecule has 7 nitrogen and oxygen atoms in total. The molecule has 3 aromatic rings. The molecule has 1 N–H and O–H groups in total. The van der Waals surface area contributed by atoms with Gasteiger partial charge in [0.05, 0.1) is 12.8 Å². The van der Waals surface area contributed by atoms with E-state index in [1.54, 1.807) is 0 Å². The summed E-state index contributed by atoms with van der Waals surface area (Å²) in [6.07, 6.45) is 2.17. The third kappa shape index (κ3) is 8.84. The Labute approximate surface area is 220 Å². The second-order valence-electron chi connectivity index (χ2n) is 9.02. The quantitative estimate of drug-likeness (QED) is 0.372. The van der Waals surface area contributed by atoms with Gasteiger partial charge in [0.2, 0.25) is 21.8 Å². The lowest BCUT2D eigenvalue weighted by atomic mass is 10.0. The van der Waals surface area contributed by atoms with Gasteiger partial charge in [-0.3, -0.25) is 9.59 Å². The minimum absolute atomic E-state index is 0.0654. The van der Waals surface area contributed by atoms with Gasteiger partial charge in [0.15, 0.2) is 0 Å². The summed E-state index contributed by atoms with van der Waals surface area (Å²) in [7, 11) is -3.70. The highest BCUT2D eigenvalue weighted by Crippen LogP contribution is 2.17. The first-order valence-corrected chi connectivity index (χ1v) is 14.3. The molecule has 0 bridgehead atoms. The minimum Gasteiger partial charge on any atom is -0.354 e. The third-order valence-electron chi connectivity index (χ3n) is 6.00. The van der Waals surface area contributed by atoms with Crippen molar-refractivity contribution in [2.24, 2.45) is 0 Å². The summed E-state index contributed by atoms with van der Waals surface area (Å²) in [6.45, 7) is 2.33. The van der Waals surface area contributed by atoms with E-state index in [1.807, 2.05) is 97.9 Å². The monoisotopic (exact) mass is 521 g/mol. The first-order chi connectivity index (χ1) is 17.8. The number of hydrogen-bond acceptors (Lipinski definition) is 4. The molecule has 0 aliphatic rings. The number of nitrogens with one attached hydrogen (secondary N) is 1. The fourth-order valence-electron chi connectivity index (χ4n) is 4.02. The molecule has 196 valence electrons. The van der Waals surface area contributed by atoms with Crippen molar-refractivity contribution in [1.29, 1.82) is 0 Å². The van der Waals surface area contributed by atoms with Gasteiger partial charge in [-0.1, -0.05) is 97.9 Å². The van der Waals surface area contributed by atoms with Crippen LogP contribution >= 0.6 is 0 Å². The van der Waals surface area contributed by atoms with Crippen LogP contribution in [-0.4, -0.2) is 54.8 Å². The van der Waals surface area contributed by atoms with E-state index in [9.17, 15) is 18.0 Å². The molecule has 3 aromatic carbocycles. The number of benzene rings is 3. The van der Waals surface area contributed by atoms with Gasteiger partial charge in [0.1, 0.15) is 6.04 Å². The molecule has 37 heavy (non-hydrogen) atoms. The third-order valence-corrected chi connectivity index (χ3v) is 7.19. The topological polar surface area (TPSA) is 86.8 Å². The van der Waals surface area contributed by atoms with Crippen LogP contribution in [0.15, 0.2) is 91.0 Å². The van der Waals surface area contributed by atoms with Crippen LogP contribution < -0.4 is 5.32 Å². The minimum atomic E-state index is -3.70. The zero-order valence-corrected chi connectivity index (χ0v) is 22.2. The average molecular weight is 522 g/mol. The average Bonchev–Trinajstić information content (AvgIpc) is 2.90. The molecule has 3 rings (SSSR count). The molecule has 2 amide bonds. The molecular formula is C29H35N3O4S. The Hall–Kier alpha value is -3.49. The first kappa shape index (κ1) is 28.1. The maximum Gasteiger partial charge on any atom is 0.243 e. The van der Waals surface area contributed by atoms with Crippen LogP contribution in [0.25, 0.3) is 0 Å². The van der Waals surface area contributed by atoms with Crippen LogP contribution in [0.2, 0.25) is 0 Å². The maximum atomic E-state index is 13.8. The van der Waals surface area contributed by atoms with Gasteiger partial charge in [-0.25, -0.2) is 8.42 Å². The Morgan fingerprint density at radius 2 is 1.27 bits per heavy atom. The number of nitrogens with zero attached hydrogens (tertiary/aromatic N) is 2. The van der Waals surface area contributed by atoms with Crippen LogP contribution in [0, 0.1) is 0 Å². The van der Waals surface area contributed by atoms with Crippen molar-refractivity contribution in [1.82, 2.24) is 14.5 Å². The largest absolute Gasteiger partial charge is 0.354 e. The Kier molecular flexibility index (Phi) is 10.4. The normalized spacial score (nSPS) is 12.2. The molecule has 0 aliphatic carbocycles. The van der Waals surface area contributed by atoms with Gasteiger partial charge >= 0.3 is 0 Å². The van der Waals surface area contributed by atoms with Crippen LogP contribution in [0.5, 0.6) is 0 Å². The van der Waals surface area contributed by atoms with E-state index in [1.165, 1.54) is 4.90 Å². The predicted molar refractivity (Wildman–Crippen MR) is 146 cm³/mol. The standard InChI is InChI=1S/C29H35N3O4S/c1-3-19-30-29(34)27(20-24-13-7-4-8-14-24)32(22-26-17-11-6-12-18-26)28(33)23-31(37(2,35)36)21-25-15-9-5-10-16-25/h4-18,27H,3,19-23H2,1-2H3,(H,30,34)/t27-/m0/s1. The number of carbonyl (C=O) groups is 2. The van der Waals surface area contributed by atoms with Gasteiger partial charge < -0.3 is 10.2 Å². The van der Waals surface area contributed by atoms with Crippen LogP contribution in [-0.2, 0) is 39.1 Å². The molecule has 0 heterocycles. The Morgan fingerprint density at radius 3 is 1.76 bits per heavy atom. The van der Waals surface area contributed by atoms with E-state index in [4.69, 9.17) is 0 Å². The summed E-state index contributed by atoms with van der Waals surface area (Å²) in [5.41, 5.74) is 2.54. The van der Waals surface area contributed by atoms with Crippen molar-refractivity contribution in [2.45, 2.75) is 38.9 Å². The molecule has 0 spiro atoms. The summed E-state index contributed by atoms with van der Waals surface area (Å²) < 4.78 is 26.5. The number of rotatable bonds is 13. The van der Waals surface area contributed by atoms with E-state index in [0.29, 0.717) is 13.0 Å². The van der Waals surface area contributed by atoms with E-state index < -0.39 is 22.0 Å². The van der Waals surface area contributed by atoms with Gasteiger partial charge in [0.25, 0.3) is 0 Å². The maximum absolute atomic E-state index is 13.8. The lowest BCUT2D eigenvalue weighted by Gasteiger charge is -2.33. The summed E-state index contributed by atoms with van der Waals surface area (Å²) >= 11 is 0. The molecule has 0 radical (unpaired) electrons. The number of amides is 2. The molecule has 0 aromatic heterocycles. The second-order valence-corrected chi connectivity index (χ2v) is 11.0. The second kappa shape index (κ2) is 13.7. The highest BCUT2D eigenvalue weighted by molar-refractivity contribution is 7.88. The zero-order chi connectivity index (χ0) is 26.7. The van der Waals surface area contributed by atoms with Gasteiger partial charge in [-0.05, 0) is 23.1 Å².